The third kappa shape index (κ3) is 10.8. The van der Waals surface area contributed by atoms with Crippen molar-refractivity contribution < 1.29 is 4.42 Å². The largest absolute Gasteiger partial charge is 0.456 e. The molecule has 9 nitrogen and oxygen atoms in total. The van der Waals surface area contributed by atoms with Gasteiger partial charge in [-0.05, 0) is 162 Å². The number of pyridine rings is 1. The number of nitrogens with zero attached hydrogens (tertiary/aromatic N) is 8. The van der Waals surface area contributed by atoms with Crippen molar-refractivity contribution in [2.24, 2.45) is 0 Å². The molecule has 25 rings (SSSR count). The minimum absolute atomic E-state index is 0.0390. The van der Waals surface area contributed by atoms with Crippen LogP contribution in [0.2, 0.25) is 0 Å². The first kappa shape index (κ1) is 66.2. The maximum absolute atomic E-state index is 6.17. The summed E-state index contributed by atoms with van der Waals surface area (Å²) in [7, 11) is 0. The van der Waals surface area contributed by atoms with Crippen LogP contribution in [0.25, 0.3) is 105 Å². The molecule has 12 aromatic carbocycles. The van der Waals surface area contributed by atoms with Crippen LogP contribution in [0.1, 0.15) is 0 Å². The lowest BCUT2D eigenvalue weighted by Crippen LogP contribution is -2.58. The number of benzene rings is 12. The lowest BCUT2D eigenvalue weighted by molar-refractivity contribution is 0.668. The number of aromatic nitrogens is 5. The fourth-order valence-electron chi connectivity index (χ4n) is 17.2. The van der Waals surface area contributed by atoms with Crippen molar-refractivity contribution in [3.8, 4) is 11.4 Å². The fourth-order valence-corrected chi connectivity index (χ4v) is 25.0. The Balaban J connectivity index is 0.000000101. The van der Waals surface area contributed by atoms with Crippen molar-refractivity contribution in [1.29, 1.82) is 0 Å². The summed E-state index contributed by atoms with van der Waals surface area (Å²) in [6.07, 6.45) is 9.75. The summed E-state index contributed by atoms with van der Waals surface area (Å²) in [5, 5.41) is 18.7. The Morgan fingerprint density at radius 2 is 0.628 bits per heavy atom. The van der Waals surface area contributed by atoms with Crippen LogP contribution in [-0.2, 0) is 0 Å². The second-order valence-corrected chi connectivity index (χ2v) is 34.6. The van der Waals surface area contributed by atoms with E-state index >= 15 is 0 Å². The van der Waals surface area contributed by atoms with Gasteiger partial charge in [-0.25, -0.2) is 15.0 Å². The summed E-state index contributed by atoms with van der Waals surface area (Å²) in [5.74, 6) is 0.752. The number of furan rings is 1. The molecule has 528 valence electrons. The summed E-state index contributed by atoms with van der Waals surface area (Å²) >= 11 is 11.2. The second-order valence-electron chi connectivity index (χ2n) is 28.4. The predicted octanol–water partition coefficient (Wildman–Crippen LogP) is 20.9. The molecule has 3 aliphatic heterocycles. The minimum atomic E-state index is -0.0492. The van der Waals surface area contributed by atoms with Gasteiger partial charge < -0.3 is 4.42 Å². The first-order valence-electron chi connectivity index (χ1n) is 37.6. The standard InChI is InChI=1S/C33H19BN2OS2.C32H20BN3S2.C30H18BN3S2/c1-2-8-21(9-3-1)36-32-30(22-10-4-6-12-28(22)38-32)34(31-23-11-5-7-13-29(23)39-33(31)36)20-14-15-26-24(18-20)25-19-35-17-16-27(25)37-26;1-3-11-21(12-4-1)30-34-19-22(20-35-30)33-28-24-15-7-9-17-26(24)37-31(28)36(23-13-5-2-6-14-23)32-29(33)25-16-8-10-18-27(25)38-32;1-2-11-20(12-3-1)34-28-26(21-13-5-8-16-24(21)35-28)31(27-22-14-6-9-17-25(22)36-29(27)34)30-32-18-19-10-4-7-15-23(19)33-30/h1-19H;1-20H;1-18H. The predicted molar refractivity (Wildman–Crippen MR) is 488 cm³/mol. The SMILES string of the molecule is c1ccc(-c2ncc(B3c4c(sc5ccccc45)N(c4ccccc4)c4sc5ccccc5c43)cn2)cc1.c1ccc(N2c3sc4ccccc4c3B(c3ccc4oc5ccncc5c4c3)c3c2sc2ccccc32)cc1.c1ccc(N2c3sc4ccccc4c3B(c3ncc4ccccc4n3)c3c2sc2ccccc32)cc1. The van der Waals surface area contributed by atoms with Crippen LogP contribution in [0.3, 0.4) is 0 Å². The third-order valence-electron chi connectivity index (χ3n) is 22.1. The van der Waals surface area contributed by atoms with Crippen LogP contribution in [0.15, 0.2) is 351 Å². The van der Waals surface area contributed by atoms with E-state index in [1.165, 1.54) is 146 Å². The zero-order valence-electron chi connectivity index (χ0n) is 60.1. The zero-order valence-corrected chi connectivity index (χ0v) is 65.0. The van der Waals surface area contributed by atoms with Gasteiger partial charge >= 0.3 is 0 Å². The summed E-state index contributed by atoms with van der Waals surface area (Å²) < 4.78 is 14.0. The van der Waals surface area contributed by atoms with Crippen molar-refractivity contribution in [3.63, 3.8) is 0 Å². The monoisotopic (exact) mass is 1550 g/mol. The summed E-state index contributed by atoms with van der Waals surface area (Å²) in [6, 6.07) is 112. The highest BCUT2D eigenvalue weighted by atomic mass is 32.1. The number of para-hydroxylation sites is 4. The first-order chi connectivity index (χ1) is 56.1. The molecule has 113 heavy (non-hydrogen) atoms. The number of fused-ring (bicyclic) bond motifs is 22. The summed E-state index contributed by atoms with van der Waals surface area (Å²) in [5.41, 5.74) is 18.6. The maximum Gasteiger partial charge on any atom is 0.297 e. The van der Waals surface area contributed by atoms with Crippen molar-refractivity contribution in [3.05, 3.63) is 346 Å². The van der Waals surface area contributed by atoms with Gasteiger partial charge in [0.25, 0.3) is 20.1 Å². The molecule has 0 amide bonds. The van der Waals surface area contributed by atoms with Crippen LogP contribution in [0.5, 0.6) is 0 Å². The van der Waals surface area contributed by atoms with E-state index in [-0.39, 0.29) is 20.1 Å². The van der Waals surface area contributed by atoms with Gasteiger partial charge in [0.2, 0.25) is 0 Å². The van der Waals surface area contributed by atoms with Crippen LogP contribution >= 0.6 is 68.0 Å². The molecule has 0 N–H and O–H groups in total. The van der Waals surface area contributed by atoms with E-state index < -0.39 is 0 Å². The Hall–Kier alpha value is -12.6. The molecule has 0 aliphatic carbocycles. The molecule has 3 aliphatic rings. The van der Waals surface area contributed by atoms with Crippen molar-refractivity contribution in [2.45, 2.75) is 0 Å². The molecule has 0 atom stereocenters. The molecular formula is C95H57B3N8OS6. The van der Waals surface area contributed by atoms with Crippen LogP contribution in [-0.4, -0.2) is 45.1 Å². The van der Waals surface area contributed by atoms with E-state index in [2.05, 4.69) is 299 Å². The molecular weight excluding hydrogens is 1490 g/mol. The lowest BCUT2D eigenvalue weighted by atomic mass is 9.35. The quantitative estimate of drug-likeness (QED) is 0.145. The molecule has 0 fully saturated rings. The number of anilines is 9. The van der Waals surface area contributed by atoms with Gasteiger partial charge in [-0.1, -0.05) is 230 Å². The van der Waals surface area contributed by atoms with Crippen LogP contribution in [0, 0.1) is 0 Å². The van der Waals surface area contributed by atoms with Gasteiger partial charge in [-0.3, -0.25) is 24.7 Å². The third-order valence-corrected chi connectivity index (χ3v) is 29.1. The Morgan fingerprint density at radius 1 is 0.274 bits per heavy atom. The highest BCUT2D eigenvalue weighted by molar-refractivity contribution is 7.32. The van der Waals surface area contributed by atoms with Gasteiger partial charge in [0.05, 0.1) is 41.2 Å². The van der Waals surface area contributed by atoms with Gasteiger partial charge in [0, 0.05) is 98.0 Å². The van der Waals surface area contributed by atoms with Crippen LogP contribution in [0.4, 0.5) is 47.1 Å². The summed E-state index contributed by atoms with van der Waals surface area (Å²) in [6.45, 7) is 0.0808. The lowest BCUT2D eigenvalue weighted by Gasteiger charge is -2.32. The molecule has 0 radical (unpaired) electrons. The molecule has 0 spiro atoms. The average molecular weight is 1550 g/mol. The molecule has 0 bridgehead atoms. The van der Waals surface area contributed by atoms with Crippen LogP contribution < -0.4 is 64.1 Å². The minimum Gasteiger partial charge on any atom is -0.456 e. The number of hydrogen-bond donors (Lipinski definition) is 0. The Labute approximate surface area is 674 Å². The van der Waals surface area contributed by atoms with E-state index in [1.54, 1.807) is 6.20 Å². The number of hydrogen-bond acceptors (Lipinski definition) is 15. The molecule has 22 aromatic rings. The van der Waals surface area contributed by atoms with Crippen molar-refractivity contribution in [1.82, 2.24) is 24.9 Å². The molecule has 18 heteroatoms. The van der Waals surface area contributed by atoms with Crippen molar-refractivity contribution in [2.75, 3.05) is 14.7 Å². The smallest absolute Gasteiger partial charge is 0.297 e. The average Bonchev–Trinajstić information content (AvgIpc) is 1.57. The summed E-state index contributed by atoms with van der Waals surface area (Å²) in [4.78, 5) is 31.7. The molecule has 0 unspecified atom stereocenters. The Morgan fingerprint density at radius 3 is 1.05 bits per heavy atom. The molecule has 10 aromatic heterocycles. The van der Waals surface area contributed by atoms with Gasteiger partial charge in [0.15, 0.2) is 5.82 Å². The van der Waals surface area contributed by atoms with Gasteiger partial charge in [-0.2, -0.15) is 0 Å². The molecule has 0 saturated carbocycles. The second kappa shape index (κ2) is 27.1. The Bertz CT molecular complexity index is 7230. The zero-order chi connectivity index (χ0) is 74.2. The van der Waals surface area contributed by atoms with E-state index in [1.807, 2.05) is 129 Å². The van der Waals surface area contributed by atoms with E-state index in [0.29, 0.717) is 0 Å². The van der Waals surface area contributed by atoms with E-state index in [4.69, 9.17) is 24.4 Å². The highest BCUT2D eigenvalue weighted by Gasteiger charge is 2.45. The van der Waals surface area contributed by atoms with E-state index in [9.17, 15) is 0 Å². The topological polar surface area (TPSA) is 87.3 Å². The van der Waals surface area contributed by atoms with E-state index in [0.717, 1.165) is 55.4 Å². The highest BCUT2D eigenvalue weighted by Crippen LogP contribution is 2.51. The fraction of sp³-hybridized carbons (Fsp3) is 0. The first-order valence-corrected chi connectivity index (χ1v) is 42.5. The number of thiophene rings is 6. The van der Waals surface area contributed by atoms with Gasteiger partial charge in [-0.15, -0.1) is 68.0 Å². The normalized spacial score (nSPS) is 12.8. The number of rotatable bonds is 7. The molecule has 0 saturated heterocycles. The van der Waals surface area contributed by atoms with Crippen molar-refractivity contribution >= 4 is 278 Å². The van der Waals surface area contributed by atoms with Gasteiger partial charge in [0.1, 0.15) is 11.2 Å². The molecule has 13 heterocycles. The maximum atomic E-state index is 6.17. The Kier molecular flexibility index (Phi) is 15.9.